The molecule has 4 aromatic carbocycles. The van der Waals surface area contributed by atoms with E-state index in [2.05, 4.69) is 59.2 Å². The van der Waals surface area contributed by atoms with Gasteiger partial charge in [0.1, 0.15) is 11.5 Å². The first-order valence-electron chi connectivity index (χ1n) is 12.9. The van der Waals surface area contributed by atoms with Crippen molar-refractivity contribution in [2.75, 3.05) is 36.2 Å². The average molecular weight is 555 g/mol. The van der Waals surface area contributed by atoms with Crippen LogP contribution >= 0.6 is 23.5 Å². The lowest BCUT2D eigenvalue weighted by Crippen LogP contribution is -2.08. The second kappa shape index (κ2) is 15.7. The second-order valence-corrected chi connectivity index (χ2v) is 10.2. The van der Waals surface area contributed by atoms with Crippen LogP contribution in [0.5, 0.6) is 11.5 Å². The number of benzene rings is 4. The number of anilines is 2. The molecule has 0 unspecified atom stereocenters. The molecule has 0 heterocycles. The van der Waals surface area contributed by atoms with Crippen molar-refractivity contribution in [1.82, 2.24) is 0 Å². The third kappa shape index (κ3) is 9.85. The van der Waals surface area contributed by atoms with Crippen LogP contribution < -0.4 is 15.4 Å². The predicted octanol–water partition coefficient (Wildman–Crippen LogP) is 8.23. The molecule has 4 aromatic rings. The van der Waals surface area contributed by atoms with E-state index in [1.165, 1.54) is 11.1 Å². The number of rotatable bonds is 10. The molecular formula is C32H34N4OS2. The third-order valence-electron chi connectivity index (χ3n) is 5.83. The van der Waals surface area contributed by atoms with E-state index in [4.69, 9.17) is 14.7 Å². The van der Waals surface area contributed by atoms with E-state index < -0.39 is 0 Å². The highest BCUT2D eigenvalue weighted by atomic mass is 32.2. The quantitative estimate of drug-likeness (QED) is 0.153. The van der Waals surface area contributed by atoms with Crippen molar-refractivity contribution >= 4 is 45.2 Å². The number of ether oxygens (including phenoxy) is 1. The molecule has 0 aliphatic heterocycles. The summed E-state index contributed by atoms with van der Waals surface area (Å²) in [7, 11) is 0. The highest BCUT2D eigenvalue weighted by Crippen LogP contribution is 2.25. The van der Waals surface area contributed by atoms with Crippen LogP contribution in [0.3, 0.4) is 0 Å². The molecule has 0 saturated carbocycles. The molecule has 0 radical (unpaired) electrons. The minimum Gasteiger partial charge on any atom is -0.457 e. The van der Waals surface area contributed by atoms with Gasteiger partial charge in [0.25, 0.3) is 0 Å². The fraction of sp³-hybridized carbons (Fsp3) is 0.188. The molecule has 0 amide bonds. The van der Waals surface area contributed by atoms with Crippen LogP contribution in [0.25, 0.3) is 0 Å². The smallest absolute Gasteiger partial charge is 0.160 e. The van der Waals surface area contributed by atoms with Crippen LogP contribution in [0.4, 0.5) is 11.4 Å². The van der Waals surface area contributed by atoms with Crippen LogP contribution in [0.2, 0.25) is 0 Å². The molecular weight excluding hydrogens is 521 g/mol. The minimum absolute atomic E-state index is 0.747. The van der Waals surface area contributed by atoms with Gasteiger partial charge >= 0.3 is 0 Å². The summed E-state index contributed by atoms with van der Waals surface area (Å²) in [6.45, 7) is 1.49. The maximum atomic E-state index is 6.05. The lowest BCUT2D eigenvalue weighted by atomic mass is 10.2. The lowest BCUT2D eigenvalue weighted by Gasteiger charge is -2.11. The van der Waals surface area contributed by atoms with Crippen LogP contribution in [-0.2, 0) is 12.8 Å². The first-order chi connectivity index (χ1) is 19.2. The molecule has 0 aliphatic rings. The molecule has 0 aliphatic carbocycles. The van der Waals surface area contributed by atoms with Crippen LogP contribution in [0.15, 0.2) is 119 Å². The van der Waals surface area contributed by atoms with Crippen LogP contribution in [-0.4, -0.2) is 35.9 Å². The summed E-state index contributed by atoms with van der Waals surface area (Å²) in [5, 5.41) is 8.59. The van der Waals surface area contributed by atoms with E-state index in [0.717, 1.165) is 59.1 Å². The Kier molecular flexibility index (Phi) is 11.4. The van der Waals surface area contributed by atoms with E-state index in [0.29, 0.717) is 0 Å². The van der Waals surface area contributed by atoms with Gasteiger partial charge in [0.15, 0.2) is 10.3 Å². The van der Waals surface area contributed by atoms with Crippen molar-refractivity contribution in [2.24, 2.45) is 9.98 Å². The SMILES string of the molecule is CSC(=NCCc1ccccc1)Nc1ccc(Oc2ccc(NC(=NCCc3ccccc3)SC)cc2)cc1. The van der Waals surface area contributed by atoms with E-state index >= 15 is 0 Å². The van der Waals surface area contributed by atoms with Crippen LogP contribution in [0, 0.1) is 0 Å². The second-order valence-electron chi connectivity index (χ2n) is 8.65. The molecule has 200 valence electrons. The topological polar surface area (TPSA) is 58.0 Å². The standard InChI is InChI=1S/C32H34N4OS2/c1-38-31(33-23-21-25-9-5-3-6-10-25)35-27-13-17-29(18-14-27)37-30-19-15-28(16-20-30)36-32(39-2)34-24-22-26-11-7-4-8-12-26/h3-20H,21-24H2,1-2H3,(H,33,35)(H,34,36). The van der Waals surface area contributed by atoms with E-state index in [9.17, 15) is 0 Å². The van der Waals surface area contributed by atoms with Gasteiger partial charge in [-0.3, -0.25) is 9.98 Å². The fourth-order valence-electron chi connectivity index (χ4n) is 3.77. The van der Waals surface area contributed by atoms with E-state index in [1.54, 1.807) is 23.5 Å². The highest BCUT2D eigenvalue weighted by Gasteiger charge is 2.03. The Balaban J connectivity index is 1.25. The van der Waals surface area contributed by atoms with Crippen molar-refractivity contribution in [1.29, 1.82) is 0 Å². The first kappa shape index (κ1) is 28.3. The maximum Gasteiger partial charge on any atom is 0.160 e. The number of aliphatic imine (C=N–C) groups is 2. The maximum absolute atomic E-state index is 6.05. The Morgan fingerprint density at radius 2 is 0.949 bits per heavy atom. The number of thioether (sulfide) groups is 2. The number of hydrogen-bond donors (Lipinski definition) is 2. The van der Waals surface area contributed by atoms with Gasteiger partial charge in [0.2, 0.25) is 0 Å². The zero-order chi connectivity index (χ0) is 27.1. The Morgan fingerprint density at radius 3 is 1.31 bits per heavy atom. The summed E-state index contributed by atoms with van der Waals surface area (Å²) in [4.78, 5) is 9.42. The van der Waals surface area contributed by atoms with Crippen LogP contribution in [0.1, 0.15) is 11.1 Å². The van der Waals surface area contributed by atoms with Gasteiger partial charge < -0.3 is 15.4 Å². The first-order valence-corrected chi connectivity index (χ1v) is 15.3. The molecule has 2 N–H and O–H groups in total. The van der Waals surface area contributed by atoms with Gasteiger partial charge in [0, 0.05) is 24.5 Å². The van der Waals surface area contributed by atoms with Gasteiger partial charge in [-0.1, -0.05) is 84.2 Å². The summed E-state index contributed by atoms with van der Waals surface area (Å²) in [5.74, 6) is 1.56. The molecule has 0 atom stereocenters. The highest BCUT2D eigenvalue weighted by molar-refractivity contribution is 8.13. The molecule has 0 fully saturated rings. The van der Waals surface area contributed by atoms with Gasteiger partial charge in [-0.25, -0.2) is 0 Å². The fourth-order valence-corrected chi connectivity index (χ4v) is 4.65. The van der Waals surface area contributed by atoms with E-state index in [-0.39, 0.29) is 0 Å². The monoisotopic (exact) mass is 554 g/mol. The Hall–Kier alpha value is -3.68. The van der Waals surface area contributed by atoms with Crippen molar-refractivity contribution in [2.45, 2.75) is 12.8 Å². The minimum atomic E-state index is 0.747. The van der Waals surface area contributed by atoms with Crippen molar-refractivity contribution in [3.63, 3.8) is 0 Å². The zero-order valence-electron chi connectivity index (χ0n) is 22.3. The summed E-state index contributed by atoms with van der Waals surface area (Å²) in [6.07, 6.45) is 5.91. The summed E-state index contributed by atoms with van der Waals surface area (Å²) < 4.78 is 6.05. The van der Waals surface area contributed by atoms with E-state index in [1.807, 2.05) is 73.2 Å². The van der Waals surface area contributed by atoms with Gasteiger partial charge in [0.05, 0.1) is 0 Å². The van der Waals surface area contributed by atoms with Crippen molar-refractivity contribution < 1.29 is 4.74 Å². The molecule has 0 saturated heterocycles. The molecule has 39 heavy (non-hydrogen) atoms. The molecule has 5 nitrogen and oxygen atoms in total. The Morgan fingerprint density at radius 1 is 0.564 bits per heavy atom. The number of nitrogens with zero attached hydrogens (tertiary/aromatic N) is 2. The summed E-state index contributed by atoms with van der Waals surface area (Å²) in [6, 6.07) is 36.7. The van der Waals surface area contributed by atoms with Gasteiger partial charge in [-0.2, -0.15) is 0 Å². The van der Waals surface area contributed by atoms with Crippen molar-refractivity contribution in [3.05, 3.63) is 120 Å². The Bertz CT molecular complexity index is 1220. The largest absolute Gasteiger partial charge is 0.457 e. The average Bonchev–Trinajstić information content (AvgIpc) is 2.99. The summed E-state index contributed by atoms with van der Waals surface area (Å²) in [5.41, 5.74) is 4.55. The number of amidine groups is 2. The lowest BCUT2D eigenvalue weighted by molar-refractivity contribution is 0.483. The molecule has 0 aromatic heterocycles. The Labute approximate surface area is 240 Å². The predicted molar refractivity (Wildman–Crippen MR) is 172 cm³/mol. The summed E-state index contributed by atoms with van der Waals surface area (Å²) >= 11 is 3.22. The zero-order valence-corrected chi connectivity index (χ0v) is 24.0. The number of hydrogen-bond acceptors (Lipinski definition) is 5. The molecule has 0 spiro atoms. The third-order valence-corrected chi connectivity index (χ3v) is 7.07. The molecule has 7 heteroatoms. The number of nitrogens with one attached hydrogen (secondary N) is 2. The molecule has 4 rings (SSSR count). The van der Waals surface area contributed by atoms with Crippen molar-refractivity contribution in [3.8, 4) is 11.5 Å². The molecule has 0 bridgehead atoms. The normalized spacial score (nSPS) is 11.7. The van der Waals surface area contributed by atoms with Gasteiger partial charge in [-0.05, 0) is 85.0 Å². The van der Waals surface area contributed by atoms with Gasteiger partial charge in [-0.15, -0.1) is 0 Å².